The molecule has 2 nitrogen and oxygen atoms in total. The normalized spacial score (nSPS) is 15.9. The van der Waals surface area contributed by atoms with Gasteiger partial charge in [0, 0.05) is 6.20 Å². The Morgan fingerprint density at radius 1 is 1.28 bits per heavy atom. The zero-order valence-corrected chi connectivity index (χ0v) is 9.48. The van der Waals surface area contributed by atoms with Gasteiger partial charge >= 0.3 is 6.18 Å². The molecule has 0 fully saturated rings. The Hall–Kier alpha value is -1.88. The van der Waals surface area contributed by atoms with Crippen molar-refractivity contribution in [2.24, 2.45) is 0 Å². The van der Waals surface area contributed by atoms with Crippen molar-refractivity contribution in [3.63, 3.8) is 0 Å². The Balaban J connectivity index is 3.51. The quantitative estimate of drug-likeness (QED) is 0.838. The van der Waals surface area contributed by atoms with Crippen molar-refractivity contribution >= 4 is 0 Å². The lowest BCUT2D eigenvalue weighted by atomic mass is 9.88. The highest BCUT2D eigenvalue weighted by atomic mass is 19.4. The summed E-state index contributed by atoms with van der Waals surface area (Å²) >= 11 is 0. The third kappa shape index (κ3) is 2.36. The maximum atomic E-state index is 13.1. The molecule has 0 aliphatic carbocycles. The van der Waals surface area contributed by atoms with Crippen LogP contribution in [0.5, 0.6) is 0 Å². The smallest absolute Gasteiger partial charge is 0.371 e. The molecule has 96 valence electrons. The van der Waals surface area contributed by atoms with Crippen molar-refractivity contribution in [3.8, 4) is 0 Å². The molecule has 18 heavy (non-hydrogen) atoms. The van der Waals surface area contributed by atoms with Crippen molar-refractivity contribution < 1.29 is 18.3 Å². The first kappa shape index (κ1) is 14.2. The fourth-order valence-corrected chi connectivity index (χ4v) is 1.50. The number of alkyl halides is 3. The third-order valence-corrected chi connectivity index (χ3v) is 2.38. The van der Waals surface area contributed by atoms with E-state index in [1.54, 1.807) is 0 Å². The summed E-state index contributed by atoms with van der Waals surface area (Å²) < 4.78 is 39.4. The summed E-state index contributed by atoms with van der Waals surface area (Å²) in [5.74, 6) is 0. The van der Waals surface area contributed by atoms with Gasteiger partial charge in [0.1, 0.15) is 0 Å². The van der Waals surface area contributed by atoms with E-state index < -0.39 is 23.0 Å². The molecule has 1 aromatic heterocycles. The maximum absolute atomic E-state index is 13.1. The van der Waals surface area contributed by atoms with Crippen LogP contribution in [-0.4, -0.2) is 16.3 Å². The summed E-state index contributed by atoms with van der Waals surface area (Å²) in [4.78, 5) is 3.58. The Morgan fingerprint density at radius 3 is 2.33 bits per heavy atom. The molecule has 1 atom stereocenters. The Bertz CT molecular complexity index is 465. The Labute approximate surface area is 103 Å². The van der Waals surface area contributed by atoms with Crippen molar-refractivity contribution in [2.75, 3.05) is 0 Å². The molecule has 0 amide bonds. The number of allylic oxidation sites excluding steroid dienone is 2. The average Bonchev–Trinajstić information content (AvgIpc) is 2.34. The minimum absolute atomic E-state index is 0.427. The molecule has 0 bridgehead atoms. The van der Waals surface area contributed by atoms with Crippen LogP contribution in [0.15, 0.2) is 61.4 Å². The van der Waals surface area contributed by atoms with Crippen LogP contribution < -0.4 is 0 Å². The number of nitrogens with zero attached hydrogens (tertiary/aromatic N) is 1. The first-order valence-corrected chi connectivity index (χ1v) is 5.04. The van der Waals surface area contributed by atoms with E-state index in [1.807, 2.05) is 0 Å². The Kier molecular flexibility index (Phi) is 4.08. The topological polar surface area (TPSA) is 33.1 Å². The molecule has 1 N–H and O–H groups in total. The molecule has 0 radical (unpaired) electrons. The monoisotopic (exact) mass is 255 g/mol. The number of hydrogen-bond donors (Lipinski definition) is 1. The minimum Gasteiger partial charge on any atom is -0.371 e. The summed E-state index contributed by atoms with van der Waals surface area (Å²) in [5.41, 5.74) is -4.13. The molecule has 5 heteroatoms. The predicted molar refractivity (Wildman–Crippen MR) is 62.7 cm³/mol. The van der Waals surface area contributed by atoms with E-state index in [4.69, 9.17) is 0 Å². The van der Waals surface area contributed by atoms with Gasteiger partial charge in [-0.3, -0.25) is 4.98 Å². The largest absolute Gasteiger partial charge is 0.427 e. The average molecular weight is 255 g/mol. The van der Waals surface area contributed by atoms with E-state index in [9.17, 15) is 18.3 Å². The molecule has 1 heterocycles. The van der Waals surface area contributed by atoms with Crippen molar-refractivity contribution in [1.82, 2.24) is 4.98 Å². The molecule has 1 aromatic rings. The second-order valence-electron chi connectivity index (χ2n) is 3.48. The van der Waals surface area contributed by atoms with E-state index in [0.717, 1.165) is 24.3 Å². The third-order valence-electron chi connectivity index (χ3n) is 2.38. The summed E-state index contributed by atoms with van der Waals surface area (Å²) in [5, 5.41) is 10.0. The summed E-state index contributed by atoms with van der Waals surface area (Å²) in [6.45, 7) is 6.60. The highest BCUT2D eigenvalue weighted by molar-refractivity contribution is 5.38. The molecule has 0 aromatic carbocycles. The fourth-order valence-electron chi connectivity index (χ4n) is 1.50. The van der Waals surface area contributed by atoms with Gasteiger partial charge in [-0.1, -0.05) is 37.5 Å². The number of rotatable bonds is 4. The SMILES string of the molecule is C=C/C=C(\C=C)C(O)(c1ccccn1)C(F)(F)F. The van der Waals surface area contributed by atoms with Gasteiger partial charge in [0.25, 0.3) is 0 Å². The van der Waals surface area contributed by atoms with E-state index in [-0.39, 0.29) is 0 Å². The van der Waals surface area contributed by atoms with Crippen molar-refractivity contribution in [1.29, 1.82) is 0 Å². The number of aliphatic hydroxyl groups is 1. The van der Waals surface area contributed by atoms with Gasteiger partial charge in [0.15, 0.2) is 0 Å². The summed E-state index contributed by atoms with van der Waals surface area (Å²) in [6.07, 6.45) is -0.596. The van der Waals surface area contributed by atoms with Gasteiger partial charge in [0.2, 0.25) is 5.60 Å². The highest BCUT2D eigenvalue weighted by Crippen LogP contribution is 2.43. The lowest BCUT2D eigenvalue weighted by molar-refractivity contribution is -0.250. The van der Waals surface area contributed by atoms with Crippen LogP contribution in [0.1, 0.15) is 5.69 Å². The van der Waals surface area contributed by atoms with Crippen LogP contribution in [0.4, 0.5) is 13.2 Å². The first-order valence-electron chi connectivity index (χ1n) is 5.04. The molecule has 0 saturated heterocycles. The molecule has 1 rings (SSSR count). The summed E-state index contributed by atoms with van der Waals surface area (Å²) in [6, 6.07) is 3.94. The van der Waals surface area contributed by atoms with Crippen molar-refractivity contribution in [2.45, 2.75) is 11.8 Å². The first-order chi connectivity index (χ1) is 8.37. The van der Waals surface area contributed by atoms with Gasteiger partial charge in [-0.2, -0.15) is 13.2 Å². The molecule has 0 saturated carbocycles. The second kappa shape index (κ2) is 5.18. The van der Waals surface area contributed by atoms with Gasteiger partial charge in [-0.15, -0.1) is 0 Å². The molecule has 0 spiro atoms. The highest BCUT2D eigenvalue weighted by Gasteiger charge is 2.57. The van der Waals surface area contributed by atoms with E-state index >= 15 is 0 Å². The Morgan fingerprint density at radius 2 is 1.94 bits per heavy atom. The number of hydrogen-bond acceptors (Lipinski definition) is 2. The van der Waals surface area contributed by atoms with Crippen LogP contribution in [0.2, 0.25) is 0 Å². The number of aromatic nitrogens is 1. The minimum atomic E-state index is -4.91. The van der Waals surface area contributed by atoms with Crippen LogP contribution in [0, 0.1) is 0 Å². The molecular weight excluding hydrogens is 243 g/mol. The molecular formula is C13H12F3NO. The maximum Gasteiger partial charge on any atom is 0.427 e. The predicted octanol–water partition coefficient (Wildman–Crippen LogP) is 3.13. The van der Waals surface area contributed by atoms with E-state index in [1.165, 1.54) is 18.3 Å². The van der Waals surface area contributed by atoms with Crippen LogP contribution in [-0.2, 0) is 5.60 Å². The number of pyridine rings is 1. The van der Waals surface area contributed by atoms with E-state index in [0.29, 0.717) is 0 Å². The molecule has 1 unspecified atom stereocenters. The lowest BCUT2D eigenvalue weighted by Crippen LogP contribution is -2.44. The van der Waals surface area contributed by atoms with Crippen LogP contribution in [0.3, 0.4) is 0 Å². The van der Waals surface area contributed by atoms with Crippen molar-refractivity contribution in [3.05, 3.63) is 67.0 Å². The van der Waals surface area contributed by atoms with Gasteiger partial charge < -0.3 is 5.11 Å². The summed E-state index contributed by atoms with van der Waals surface area (Å²) in [7, 11) is 0. The van der Waals surface area contributed by atoms with Gasteiger partial charge in [-0.05, 0) is 17.7 Å². The molecule has 0 aliphatic rings. The van der Waals surface area contributed by atoms with Crippen LogP contribution in [0.25, 0.3) is 0 Å². The number of halogens is 3. The van der Waals surface area contributed by atoms with Crippen LogP contribution >= 0.6 is 0 Å². The standard InChI is InChI=1S/C13H12F3NO/c1-3-7-10(4-2)12(18,13(14,15)16)11-8-5-6-9-17-11/h3-9,18H,1-2H2/b10-7+. The van der Waals surface area contributed by atoms with Gasteiger partial charge in [0.05, 0.1) is 5.69 Å². The van der Waals surface area contributed by atoms with E-state index in [2.05, 4.69) is 18.1 Å². The zero-order chi connectivity index (χ0) is 13.8. The zero-order valence-electron chi connectivity index (χ0n) is 9.48. The second-order valence-corrected chi connectivity index (χ2v) is 3.48. The fraction of sp³-hybridized carbons (Fsp3) is 0.154. The molecule has 0 aliphatic heterocycles. The lowest BCUT2D eigenvalue weighted by Gasteiger charge is -2.31. The van der Waals surface area contributed by atoms with Gasteiger partial charge in [-0.25, -0.2) is 0 Å².